The van der Waals surface area contributed by atoms with Gasteiger partial charge in [0.15, 0.2) is 16.6 Å². The summed E-state index contributed by atoms with van der Waals surface area (Å²) in [7, 11) is 0. The highest BCUT2D eigenvalue weighted by Gasteiger charge is 2.20. The molecular formula is C19H17N3O4S. The first-order valence-corrected chi connectivity index (χ1v) is 9.22. The van der Waals surface area contributed by atoms with Crippen LogP contribution in [0.3, 0.4) is 0 Å². The van der Waals surface area contributed by atoms with Gasteiger partial charge in [0.25, 0.3) is 5.91 Å². The zero-order chi connectivity index (χ0) is 19.0. The van der Waals surface area contributed by atoms with Crippen molar-refractivity contribution >= 4 is 22.4 Å². The molecule has 27 heavy (non-hydrogen) atoms. The normalized spacial score (nSPS) is 13.3. The summed E-state index contributed by atoms with van der Waals surface area (Å²) in [5.41, 5.74) is 5.79. The van der Waals surface area contributed by atoms with E-state index in [-0.39, 0.29) is 11.5 Å². The van der Waals surface area contributed by atoms with E-state index in [1.807, 2.05) is 17.5 Å². The lowest BCUT2D eigenvalue weighted by Gasteiger charge is -2.28. The molecule has 1 aliphatic heterocycles. The predicted octanol–water partition coefficient (Wildman–Crippen LogP) is 2.90. The summed E-state index contributed by atoms with van der Waals surface area (Å²) < 4.78 is 0. The van der Waals surface area contributed by atoms with Gasteiger partial charge in [-0.25, -0.2) is 10.5 Å². The van der Waals surface area contributed by atoms with Gasteiger partial charge in [0.2, 0.25) is 0 Å². The van der Waals surface area contributed by atoms with Crippen LogP contribution in [-0.4, -0.2) is 32.9 Å². The lowest BCUT2D eigenvalue weighted by Crippen LogP contribution is -2.30. The van der Waals surface area contributed by atoms with Gasteiger partial charge in [-0.3, -0.25) is 10.0 Å². The van der Waals surface area contributed by atoms with Gasteiger partial charge in [-0.1, -0.05) is 6.07 Å². The number of aromatic hydroxyl groups is 2. The van der Waals surface area contributed by atoms with Gasteiger partial charge in [-0.2, -0.15) is 0 Å². The average Bonchev–Trinajstić information content (AvgIpc) is 3.19. The Balaban J connectivity index is 1.55. The largest absolute Gasteiger partial charge is 0.504 e. The molecule has 0 saturated heterocycles. The first-order valence-electron chi connectivity index (χ1n) is 8.34. The molecule has 0 atom stereocenters. The second kappa shape index (κ2) is 6.90. The van der Waals surface area contributed by atoms with Gasteiger partial charge in [-0.05, 0) is 47.9 Å². The Hall–Kier alpha value is -3.10. The minimum atomic E-state index is -0.512. The van der Waals surface area contributed by atoms with Crippen molar-refractivity contribution in [2.75, 3.05) is 11.4 Å². The molecule has 1 aromatic heterocycles. The Kier molecular flexibility index (Phi) is 4.43. The van der Waals surface area contributed by atoms with Crippen LogP contribution in [0.1, 0.15) is 21.5 Å². The van der Waals surface area contributed by atoms with Crippen LogP contribution >= 0.6 is 11.3 Å². The van der Waals surface area contributed by atoms with Crippen LogP contribution in [-0.2, 0) is 13.0 Å². The van der Waals surface area contributed by atoms with E-state index >= 15 is 0 Å². The first kappa shape index (κ1) is 17.3. The third-order valence-corrected chi connectivity index (χ3v) is 5.52. The van der Waals surface area contributed by atoms with Crippen molar-refractivity contribution in [3.8, 4) is 22.8 Å². The monoisotopic (exact) mass is 383 g/mol. The van der Waals surface area contributed by atoms with Crippen LogP contribution in [0.25, 0.3) is 11.3 Å². The van der Waals surface area contributed by atoms with E-state index < -0.39 is 5.91 Å². The number of benzene rings is 2. The van der Waals surface area contributed by atoms with Gasteiger partial charge in [0, 0.05) is 29.6 Å². The second-order valence-corrected chi connectivity index (χ2v) is 7.15. The molecule has 0 unspecified atom stereocenters. The van der Waals surface area contributed by atoms with Crippen LogP contribution in [0, 0.1) is 0 Å². The topological polar surface area (TPSA) is 106 Å². The third kappa shape index (κ3) is 3.32. The standard InChI is InChI=1S/C19H17N3O4S/c23-16-4-3-12(8-17(16)24)15-10-27-19(20-15)22-6-5-11-7-13(18(25)21-26)1-2-14(11)9-22/h1-4,7-8,10,23-24,26H,5-6,9H2,(H,21,25). The number of nitrogens with zero attached hydrogens (tertiary/aromatic N) is 2. The summed E-state index contributed by atoms with van der Waals surface area (Å²) in [5.74, 6) is -0.838. The fourth-order valence-corrected chi connectivity index (χ4v) is 4.01. The van der Waals surface area contributed by atoms with Crippen LogP contribution < -0.4 is 10.4 Å². The Morgan fingerprint density at radius 1 is 1.11 bits per heavy atom. The zero-order valence-corrected chi connectivity index (χ0v) is 15.0. The van der Waals surface area contributed by atoms with Gasteiger partial charge in [0.05, 0.1) is 5.69 Å². The number of carbonyl (C=O) groups is 1. The summed E-state index contributed by atoms with van der Waals surface area (Å²) in [6.45, 7) is 1.45. The summed E-state index contributed by atoms with van der Waals surface area (Å²) in [6.07, 6.45) is 0.775. The second-order valence-electron chi connectivity index (χ2n) is 6.31. The minimum Gasteiger partial charge on any atom is -0.504 e. The molecule has 0 fully saturated rings. The lowest BCUT2D eigenvalue weighted by atomic mass is 9.97. The summed E-state index contributed by atoms with van der Waals surface area (Å²) in [4.78, 5) is 18.4. The average molecular weight is 383 g/mol. The van der Waals surface area contributed by atoms with Gasteiger partial charge in [0.1, 0.15) is 0 Å². The fraction of sp³-hybridized carbons (Fsp3) is 0.158. The van der Waals surface area contributed by atoms with Crippen molar-refractivity contribution in [3.63, 3.8) is 0 Å². The summed E-state index contributed by atoms with van der Waals surface area (Å²) >= 11 is 1.52. The van der Waals surface area contributed by atoms with Crippen molar-refractivity contribution in [2.45, 2.75) is 13.0 Å². The molecular weight excluding hydrogens is 366 g/mol. The maximum atomic E-state index is 11.6. The van der Waals surface area contributed by atoms with Crippen LogP contribution in [0.5, 0.6) is 11.5 Å². The van der Waals surface area contributed by atoms with Crippen LogP contribution in [0.4, 0.5) is 5.13 Å². The number of anilines is 1. The van der Waals surface area contributed by atoms with E-state index in [1.165, 1.54) is 23.5 Å². The molecule has 0 aliphatic carbocycles. The number of hydrogen-bond donors (Lipinski definition) is 4. The Labute approximate surface area is 159 Å². The van der Waals surface area contributed by atoms with Crippen LogP contribution in [0.2, 0.25) is 0 Å². The number of hydrogen-bond acceptors (Lipinski definition) is 7. The van der Waals surface area contributed by atoms with E-state index in [9.17, 15) is 15.0 Å². The highest BCUT2D eigenvalue weighted by molar-refractivity contribution is 7.14. The predicted molar refractivity (Wildman–Crippen MR) is 101 cm³/mol. The maximum absolute atomic E-state index is 11.6. The number of thiazole rings is 1. The number of phenols is 2. The third-order valence-electron chi connectivity index (χ3n) is 4.62. The van der Waals surface area contributed by atoms with Crippen molar-refractivity contribution in [1.29, 1.82) is 0 Å². The van der Waals surface area contributed by atoms with Crippen LogP contribution in [0.15, 0.2) is 41.8 Å². The van der Waals surface area contributed by atoms with E-state index in [0.717, 1.165) is 40.5 Å². The molecule has 4 N–H and O–H groups in total. The number of rotatable bonds is 3. The van der Waals surface area contributed by atoms with Crippen molar-refractivity contribution in [1.82, 2.24) is 10.5 Å². The SMILES string of the molecule is O=C(NO)c1ccc2c(c1)CCN(c1nc(-c3ccc(O)c(O)c3)cs1)C2. The number of carbonyl (C=O) groups excluding carboxylic acids is 1. The molecule has 8 heteroatoms. The van der Waals surface area contributed by atoms with E-state index in [1.54, 1.807) is 17.6 Å². The maximum Gasteiger partial charge on any atom is 0.274 e. The van der Waals surface area contributed by atoms with Crippen molar-refractivity contribution in [2.24, 2.45) is 0 Å². The minimum absolute atomic E-state index is 0.156. The molecule has 7 nitrogen and oxygen atoms in total. The number of aromatic nitrogens is 1. The molecule has 0 spiro atoms. The molecule has 1 aliphatic rings. The number of phenolic OH excluding ortho intramolecular Hbond substituents is 2. The quantitative estimate of drug-likeness (QED) is 0.315. The highest BCUT2D eigenvalue weighted by atomic mass is 32.1. The molecule has 4 rings (SSSR count). The molecule has 0 radical (unpaired) electrons. The molecule has 0 bridgehead atoms. The Bertz CT molecular complexity index is 1020. The number of hydroxylamine groups is 1. The lowest BCUT2D eigenvalue weighted by molar-refractivity contribution is 0.0706. The van der Waals surface area contributed by atoms with Gasteiger partial charge < -0.3 is 15.1 Å². The van der Waals surface area contributed by atoms with Gasteiger partial charge >= 0.3 is 0 Å². The molecule has 2 aromatic carbocycles. The van der Waals surface area contributed by atoms with Crippen molar-refractivity contribution < 1.29 is 20.2 Å². The molecule has 2 heterocycles. The van der Waals surface area contributed by atoms with E-state index in [2.05, 4.69) is 9.88 Å². The first-order chi connectivity index (χ1) is 13.0. The summed E-state index contributed by atoms with van der Waals surface area (Å²) in [6, 6.07) is 10.1. The summed E-state index contributed by atoms with van der Waals surface area (Å²) in [5, 5.41) is 30.7. The Morgan fingerprint density at radius 3 is 2.74 bits per heavy atom. The zero-order valence-electron chi connectivity index (χ0n) is 14.2. The molecule has 3 aromatic rings. The number of amides is 1. The molecule has 1 amide bonds. The fourth-order valence-electron chi connectivity index (χ4n) is 3.15. The highest BCUT2D eigenvalue weighted by Crippen LogP contribution is 2.34. The van der Waals surface area contributed by atoms with E-state index in [4.69, 9.17) is 5.21 Å². The molecule has 138 valence electrons. The van der Waals surface area contributed by atoms with E-state index in [0.29, 0.717) is 12.1 Å². The van der Waals surface area contributed by atoms with Gasteiger partial charge in [-0.15, -0.1) is 11.3 Å². The Morgan fingerprint density at radius 2 is 1.96 bits per heavy atom. The molecule has 0 saturated carbocycles. The number of fused-ring (bicyclic) bond motifs is 1. The number of nitrogens with one attached hydrogen (secondary N) is 1. The smallest absolute Gasteiger partial charge is 0.274 e. The van der Waals surface area contributed by atoms with Crippen molar-refractivity contribution in [3.05, 3.63) is 58.5 Å².